The maximum absolute atomic E-state index is 11.8. The first kappa shape index (κ1) is 14.9. The van der Waals surface area contributed by atoms with E-state index in [-0.39, 0.29) is 5.69 Å². The van der Waals surface area contributed by atoms with E-state index in [1.54, 1.807) is 12.1 Å². The number of rotatable bonds is 3. The van der Waals surface area contributed by atoms with Gasteiger partial charge < -0.3 is 5.32 Å². The molecule has 0 saturated heterocycles. The maximum Gasteiger partial charge on any atom is 0.324 e. The first-order valence-corrected chi connectivity index (χ1v) is 6.70. The Morgan fingerprint density at radius 1 is 1.19 bits per heavy atom. The van der Waals surface area contributed by atoms with Gasteiger partial charge in [0.25, 0.3) is 5.69 Å². The number of nitrogens with zero attached hydrogens (tertiary/aromatic N) is 2. The molecule has 1 aromatic carbocycles. The molecule has 1 heterocycles. The van der Waals surface area contributed by atoms with Crippen molar-refractivity contribution < 1.29 is 9.72 Å². The Morgan fingerprint density at radius 2 is 1.86 bits per heavy atom. The van der Waals surface area contributed by atoms with Gasteiger partial charge in [0.15, 0.2) is 0 Å². The number of benzene rings is 1. The molecule has 2 aromatic rings. The molecule has 2 N–H and O–H groups in total. The SMILES string of the molecule is Cc1nc(NC(=O)Nc2ccc([N+](=O)[O-])cc2)ccc1Br. The smallest absolute Gasteiger partial charge is 0.308 e. The van der Waals surface area contributed by atoms with Gasteiger partial charge in [-0.3, -0.25) is 15.4 Å². The van der Waals surface area contributed by atoms with Gasteiger partial charge in [0.1, 0.15) is 5.82 Å². The second-order valence-electron chi connectivity index (χ2n) is 4.15. The second-order valence-corrected chi connectivity index (χ2v) is 5.00. The van der Waals surface area contributed by atoms with E-state index in [4.69, 9.17) is 0 Å². The molecule has 0 fully saturated rings. The molecule has 1 aromatic heterocycles. The summed E-state index contributed by atoms with van der Waals surface area (Å²) in [5.41, 5.74) is 1.17. The van der Waals surface area contributed by atoms with E-state index in [2.05, 4.69) is 31.5 Å². The quantitative estimate of drug-likeness (QED) is 0.651. The van der Waals surface area contributed by atoms with Gasteiger partial charge in [-0.15, -0.1) is 0 Å². The van der Waals surface area contributed by atoms with Crippen molar-refractivity contribution in [3.8, 4) is 0 Å². The summed E-state index contributed by atoms with van der Waals surface area (Å²) in [6.07, 6.45) is 0. The molecule has 108 valence electrons. The van der Waals surface area contributed by atoms with Crippen LogP contribution >= 0.6 is 15.9 Å². The number of urea groups is 1. The number of halogens is 1. The van der Waals surface area contributed by atoms with Crippen molar-refractivity contribution >= 4 is 39.2 Å². The van der Waals surface area contributed by atoms with Gasteiger partial charge in [-0.25, -0.2) is 9.78 Å². The molecular weight excluding hydrogens is 340 g/mol. The van der Waals surface area contributed by atoms with E-state index < -0.39 is 11.0 Å². The summed E-state index contributed by atoms with van der Waals surface area (Å²) in [6, 6.07) is 8.51. The van der Waals surface area contributed by atoms with Crippen molar-refractivity contribution in [3.05, 3.63) is 56.7 Å². The number of carbonyl (C=O) groups excluding carboxylic acids is 1. The molecule has 0 aliphatic rings. The third-order valence-corrected chi connectivity index (χ3v) is 3.44. The lowest BCUT2D eigenvalue weighted by Crippen LogP contribution is -2.20. The van der Waals surface area contributed by atoms with E-state index in [1.165, 1.54) is 24.3 Å². The fourth-order valence-electron chi connectivity index (χ4n) is 1.56. The first-order valence-electron chi connectivity index (χ1n) is 5.91. The Hall–Kier alpha value is -2.48. The van der Waals surface area contributed by atoms with Crippen LogP contribution in [0.1, 0.15) is 5.69 Å². The van der Waals surface area contributed by atoms with Crippen molar-refractivity contribution in [1.29, 1.82) is 0 Å². The summed E-state index contributed by atoms with van der Waals surface area (Å²) in [5.74, 6) is 0.412. The number of non-ortho nitro benzene ring substituents is 1. The van der Waals surface area contributed by atoms with Crippen LogP contribution in [0.5, 0.6) is 0 Å². The molecule has 2 amide bonds. The minimum Gasteiger partial charge on any atom is -0.308 e. The van der Waals surface area contributed by atoms with Crippen molar-refractivity contribution in [2.75, 3.05) is 10.6 Å². The lowest BCUT2D eigenvalue weighted by Gasteiger charge is -2.08. The fraction of sp³-hybridized carbons (Fsp3) is 0.0769. The number of aryl methyl sites for hydroxylation is 1. The highest BCUT2D eigenvalue weighted by Gasteiger charge is 2.07. The third-order valence-electron chi connectivity index (χ3n) is 2.60. The number of carbonyl (C=O) groups is 1. The number of amides is 2. The van der Waals surface area contributed by atoms with Crippen LogP contribution in [0.2, 0.25) is 0 Å². The number of aromatic nitrogens is 1. The first-order chi connectivity index (χ1) is 9.95. The minimum absolute atomic E-state index is 0.0360. The highest BCUT2D eigenvalue weighted by atomic mass is 79.9. The summed E-state index contributed by atoms with van der Waals surface area (Å²) in [4.78, 5) is 26.0. The summed E-state index contributed by atoms with van der Waals surface area (Å²) in [6.45, 7) is 1.81. The van der Waals surface area contributed by atoms with Crippen LogP contribution in [-0.2, 0) is 0 Å². The predicted molar refractivity (Wildman–Crippen MR) is 82.4 cm³/mol. The van der Waals surface area contributed by atoms with Crippen LogP contribution in [0, 0.1) is 17.0 Å². The lowest BCUT2D eigenvalue weighted by molar-refractivity contribution is -0.384. The molecule has 0 saturated carbocycles. The van der Waals surface area contributed by atoms with Gasteiger partial charge in [-0.1, -0.05) is 0 Å². The average Bonchev–Trinajstić information content (AvgIpc) is 2.43. The van der Waals surface area contributed by atoms with Gasteiger partial charge in [0.2, 0.25) is 0 Å². The molecule has 0 radical (unpaired) electrons. The summed E-state index contributed by atoms with van der Waals surface area (Å²) in [7, 11) is 0. The predicted octanol–water partition coefficient (Wildman–Crippen LogP) is 3.70. The number of pyridine rings is 1. The number of hydrogen-bond acceptors (Lipinski definition) is 4. The number of nitro benzene ring substituents is 1. The van der Waals surface area contributed by atoms with Crippen LogP contribution in [-0.4, -0.2) is 15.9 Å². The van der Waals surface area contributed by atoms with Crippen LogP contribution < -0.4 is 10.6 Å². The van der Waals surface area contributed by atoms with Gasteiger partial charge in [-0.05, 0) is 47.1 Å². The van der Waals surface area contributed by atoms with Gasteiger partial charge >= 0.3 is 6.03 Å². The van der Waals surface area contributed by atoms with Gasteiger partial charge in [0.05, 0.1) is 10.6 Å². The van der Waals surface area contributed by atoms with Crippen molar-refractivity contribution in [3.63, 3.8) is 0 Å². The molecule has 0 aliphatic heterocycles. The van der Waals surface area contributed by atoms with E-state index in [1.807, 2.05) is 6.92 Å². The van der Waals surface area contributed by atoms with Crippen LogP contribution in [0.3, 0.4) is 0 Å². The van der Waals surface area contributed by atoms with Crippen molar-refractivity contribution in [2.45, 2.75) is 6.92 Å². The zero-order chi connectivity index (χ0) is 15.4. The van der Waals surface area contributed by atoms with E-state index in [0.29, 0.717) is 11.5 Å². The Morgan fingerprint density at radius 3 is 2.43 bits per heavy atom. The van der Waals surface area contributed by atoms with Gasteiger partial charge in [0, 0.05) is 22.3 Å². The Bertz CT molecular complexity index is 688. The largest absolute Gasteiger partial charge is 0.324 e. The summed E-state index contributed by atoms with van der Waals surface area (Å²) < 4.78 is 0.851. The Labute approximate surface area is 128 Å². The summed E-state index contributed by atoms with van der Waals surface area (Å²) in [5, 5.41) is 15.7. The molecule has 0 atom stereocenters. The van der Waals surface area contributed by atoms with E-state index >= 15 is 0 Å². The highest BCUT2D eigenvalue weighted by molar-refractivity contribution is 9.10. The fourth-order valence-corrected chi connectivity index (χ4v) is 1.78. The number of nitro groups is 1. The Balaban J connectivity index is 2.01. The third kappa shape index (κ3) is 3.99. The minimum atomic E-state index is -0.502. The molecule has 2 rings (SSSR count). The summed E-state index contributed by atoms with van der Waals surface area (Å²) >= 11 is 3.32. The van der Waals surface area contributed by atoms with Crippen LogP contribution in [0.15, 0.2) is 40.9 Å². The topological polar surface area (TPSA) is 97.2 Å². The van der Waals surface area contributed by atoms with Crippen LogP contribution in [0.4, 0.5) is 22.0 Å². The van der Waals surface area contributed by atoms with Crippen molar-refractivity contribution in [1.82, 2.24) is 4.98 Å². The molecule has 7 nitrogen and oxygen atoms in total. The number of hydrogen-bond donors (Lipinski definition) is 2. The van der Waals surface area contributed by atoms with E-state index in [0.717, 1.165) is 10.2 Å². The molecule has 0 aliphatic carbocycles. The molecule has 8 heteroatoms. The van der Waals surface area contributed by atoms with Crippen LogP contribution in [0.25, 0.3) is 0 Å². The number of anilines is 2. The normalized spacial score (nSPS) is 10.0. The molecule has 0 bridgehead atoms. The lowest BCUT2D eigenvalue weighted by atomic mass is 10.3. The van der Waals surface area contributed by atoms with E-state index in [9.17, 15) is 14.9 Å². The van der Waals surface area contributed by atoms with Crippen molar-refractivity contribution in [2.24, 2.45) is 0 Å². The molecule has 0 spiro atoms. The molecule has 0 unspecified atom stereocenters. The Kier molecular flexibility index (Phi) is 4.49. The van der Waals surface area contributed by atoms with Gasteiger partial charge in [-0.2, -0.15) is 0 Å². The zero-order valence-corrected chi connectivity index (χ0v) is 12.5. The second kappa shape index (κ2) is 6.31. The molecular formula is C13H11BrN4O3. The standard InChI is InChI=1S/C13H11BrN4O3/c1-8-11(14)6-7-12(15-8)17-13(19)16-9-2-4-10(5-3-9)18(20)21/h2-7H,1H3,(H2,15,16,17,19). The monoisotopic (exact) mass is 350 g/mol. The highest BCUT2D eigenvalue weighted by Crippen LogP contribution is 2.17. The zero-order valence-electron chi connectivity index (χ0n) is 11.0. The maximum atomic E-state index is 11.8. The number of nitrogens with one attached hydrogen (secondary N) is 2. The average molecular weight is 351 g/mol. The molecule has 21 heavy (non-hydrogen) atoms.